The van der Waals surface area contributed by atoms with Gasteiger partial charge in [-0.05, 0) is 37.6 Å². The second-order valence-electron chi connectivity index (χ2n) is 9.08. The molecule has 4 rings (SSSR count). The number of hydrogen-bond donors (Lipinski definition) is 1. The first kappa shape index (κ1) is 21.7. The molecule has 0 bridgehead atoms. The Balaban J connectivity index is 1.67. The van der Waals surface area contributed by atoms with Crippen molar-refractivity contribution in [1.29, 1.82) is 0 Å². The van der Waals surface area contributed by atoms with Crippen molar-refractivity contribution in [3.05, 3.63) is 39.1 Å². The molecule has 0 aliphatic carbocycles. The van der Waals surface area contributed by atoms with E-state index in [1.54, 1.807) is 21.0 Å². The fraction of sp³-hybridized carbons (Fsp3) is 0.458. The third kappa shape index (κ3) is 4.29. The summed E-state index contributed by atoms with van der Waals surface area (Å²) in [6.07, 6.45) is 1.24. The summed E-state index contributed by atoms with van der Waals surface area (Å²) in [4.78, 5) is 14.7. The molecule has 0 spiro atoms. The van der Waals surface area contributed by atoms with Crippen LogP contribution in [0.1, 0.15) is 52.0 Å². The average molecular weight is 443 g/mol. The number of carbonyl (C=O) groups is 1. The molecule has 1 aromatic heterocycles. The number of quaternary nitrogens is 1. The zero-order valence-electron chi connectivity index (χ0n) is 18.6. The zero-order chi connectivity index (χ0) is 22.4. The van der Waals surface area contributed by atoms with Crippen molar-refractivity contribution in [2.24, 2.45) is 0 Å². The Bertz CT molecular complexity index is 1080. The van der Waals surface area contributed by atoms with Crippen LogP contribution < -0.4 is 14.2 Å². The highest BCUT2D eigenvalue weighted by molar-refractivity contribution is 7.14. The molecule has 0 saturated heterocycles. The standard InChI is InChI=1S/C24H28NO5S/c1-24(2,27)10-8-16-6-7-20(31-16)18(26)13-17-21-15(9-11-25(17,3)4)12-19-22(23(21)28-5)30-14-29-19/h6-7,12,17,27H,9,11,13-14H2,1-5H3/q+1. The van der Waals surface area contributed by atoms with Gasteiger partial charge in [-0.2, -0.15) is 0 Å². The fourth-order valence-electron chi connectivity index (χ4n) is 4.16. The van der Waals surface area contributed by atoms with Crippen LogP contribution in [0.3, 0.4) is 0 Å². The molecule has 1 aromatic carbocycles. The summed E-state index contributed by atoms with van der Waals surface area (Å²) in [5.41, 5.74) is 1.12. The number of benzene rings is 1. The second-order valence-corrected chi connectivity index (χ2v) is 10.2. The Morgan fingerprint density at radius 2 is 2.13 bits per heavy atom. The third-order valence-corrected chi connectivity index (χ3v) is 6.88. The Kier molecular flexibility index (Phi) is 5.50. The van der Waals surface area contributed by atoms with E-state index in [1.165, 1.54) is 11.3 Å². The molecular formula is C24H28NO5S+. The van der Waals surface area contributed by atoms with E-state index in [4.69, 9.17) is 14.2 Å². The van der Waals surface area contributed by atoms with Crippen LogP contribution >= 0.6 is 11.3 Å². The monoisotopic (exact) mass is 442 g/mol. The van der Waals surface area contributed by atoms with E-state index in [-0.39, 0.29) is 18.6 Å². The van der Waals surface area contributed by atoms with Crippen LogP contribution in [0.2, 0.25) is 0 Å². The van der Waals surface area contributed by atoms with Crippen molar-refractivity contribution in [1.82, 2.24) is 0 Å². The maximum atomic E-state index is 13.3. The topological polar surface area (TPSA) is 65.0 Å². The van der Waals surface area contributed by atoms with Gasteiger partial charge in [0.1, 0.15) is 11.6 Å². The first-order chi connectivity index (χ1) is 14.6. The van der Waals surface area contributed by atoms with Gasteiger partial charge in [-0.3, -0.25) is 4.79 Å². The molecule has 0 fully saturated rings. The van der Waals surface area contributed by atoms with E-state index >= 15 is 0 Å². The van der Waals surface area contributed by atoms with Gasteiger partial charge in [0.2, 0.25) is 12.5 Å². The largest absolute Gasteiger partial charge is 0.492 e. The Morgan fingerprint density at radius 3 is 2.84 bits per heavy atom. The predicted octanol–water partition coefficient (Wildman–Crippen LogP) is 3.55. The summed E-state index contributed by atoms with van der Waals surface area (Å²) >= 11 is 1.36. The van der Waals surface area contributed by atoms with Gasteiger partial charge in [-0.15, -0.1) is 11.3 Å². The molecule has 1 atom stereocenters. The van der Waals surface area contributed by atoms with Gasteiger partial charge < -0.3 is 23.8 Å². The van der Waals surface area contributed by atoms with Crippen molar-refractivity contribution < 1.29 is 28.6 Å². The summed E-state index contributed by atoms with van der Waals surface area (Å²) in [5.74, 6) is 7.84. The zero-order valence-corrected chi connectivity index (χ0v) is 19.4. The molecule has 1 unspecified atom stereocenters. The van der Waals surface area contributed by atoms with Crippen molar-refractivity contribution in [3.63, 3.8) is 0 Å². The van der Waals surface area contributed by atoms with Crippen LogP contribution in [0.15, 0.2) is 18.2 Å². The minimum absolute atomic E-state index is 0.0614. The lowest BCUT2D eigenvalue weighted by Crippen LogP contribution is -2.48. The van der Waals surface area contributed by atoms with Crippen molar-refractivity contribution in [2.45, 2.75) is 38.3 Å². The predicted molar refractivity (Wildman–Crippen MR) is 119 cm³/mol. The van der Waals surface area contributed by atoms with Gasteiger partial charge in [-0.1, -0.05) is 11.8 Å². The molecule has 1 N–H and O–H groups in total. The number of nitrogens with zero attached hydrogens (tertiary/aromatic N) is 1. The van der Waals surface area contributed by atoms with Crippen LogP contribution in [-0.2, 0) is 6.42 Å². The normalized spacial score (nSPS) is 18.7. The van der Waals surface area contributed by atoms with Crippen LogP contribution in [0, 0.1) is 11.8 Å². The average Bonchev–Trinajstić information content (AvgIpc) is 3.35. The van der Waals surface area contributed by atoms with Gasteiger partial charge in [0.25, 0.3) is 0 Å². The van der Waals surface area contributed by atoms with Crippen molar-refractivity contribution in [3.8, 4) is 29.1 Å². The molecule has 164 valence electrons. The van der Waals surface area contributed by atoms with Gasteiger partial charge in [0.05, 0.1) is 49.5 Å². The number of Topliss-reactive ketones (excluding diaryl/α,β-unsaturated/α-hetero) is 1. The molecule has 0 amide bonds. The number of fused-ring (bicyclic) bond motifs is 2. The van der Waals surface area contributed by atoms with Crippen LogP contribution in [0.5, 0.6) is 17.2 Å². The number of carbonyl (C=O) groups excluding carboxylic acids is 1. The van der Waals surface area contributed by atoms with Crippen LogP contribution in [0.25, 0.3) is 0 Å². The number of thiophene rings is 1. The van der Waals surface area contributed by atoms with Gasteiger partial charge >= 0.3 is 0 Å². The molecule has 0 radical (unpaired) electrons. The minimum atomic E-state index is -1.07. The first-order valence-corrected chi connectivity index (χ1v) is 11.1. The Hall–Kier alpha value is -2.53. The van der Waals surface area contributed by atoms with E-state index in [0.29, 0.717) is 33.0 Å². The Morgan fingerprint density at radius 1 is 1.35 bits per heavy atom. The molecule has 3 heterocycles. The smallest absolute Gasteiger partial charge is 0.231 e. The minimum Gasteiger partial charge on any atom is -0.492 e. The number of hydrogen-bond acceptors (Lipinski definition) is 6. The number of rotatable bonds is 4. The van der Waals surface area contributed by atoms with Crippen molar-refractivity contribution in [2.75, 3.05) is 34.5 Å². The van der Waals surface area contributed by atoms with E-state index in [1.807, 2.05) is 18.2 Å². The summed E-state index contributed by atoms with van der Waals surface area (Å²) in [6, 6.07) is 5.63. The van der Waals surface area contributed by atoms with Crippen LogP contribution in [-0.4, -0.2) is 55.5 Å². The lowest BCUT2D eigenvalue weighted by molar-refractivity contribution is -0.922. The maximum absolute atomic E-state index is 13.3. The van der Waals surface area contributed by atoms with E-state index in [2.05, 4.69) is 25.9 Å². The highest BCUT2D eigenvalue weighted by Crippen LogP contribution is 2.51. The molecule has 0 saturated carbocycles. The van der Waals surface area contributed by atoms with Crippen molar-refractivity contribution >= 4 is 17.1 Å². The van der Waals surface area contributed by atoms with Gasteiger partial charge in [0.15, 0.2) is 17.3 Å². The molecule has 2 aliphatic heterocycles. The molecular weight excluding hydrogens is 414 g/mol. The number of methoxy groups -OCH3 is 1. The van der Waals surface area contributed by atoms with Crippen LogP contribution in [0.4, 0.5) is 0 Å². The first-order valence-electron chi connectivity index (χ1n) is 10.3. The van der Waals surface area contributed by atoms with Gasteiger partial charge in [-0.25, -0.2) is 0 Å². The van der Waals surface area contributed by atoms with E-state index in [9.17, 15) is 9.90 Å². The highest BCUT2D eigenvalue weighted by atomic mass is 32.1. The molecule has 7 heteroatoms. The van der Waals surface area contributed by atoms with E-state index in [0.717, 1.165) is 29.0 Å². The molecule has 6 nitrogen and oxygen atoms in total. The third-order valence-electron chi connectivity index (χ3n) is 5.83. The summed E-state index contributed by atoms with van der Waals surface area (Å²) < 4.78 is 17.7. The summed E-state index contributed by atoms with van der Waals surface area (Å²) in [6.45, 7) is 4.37. The molecule has 2 aliphatic rings. The number of aliphatic hydroxyl groups is 1. The number of likely N-dealkylation sites (N-methyl/N-ethyl adjacent to an activating group) is 1. The maximum Gasteiger partial charge on any atom is 0.231 e. The summed E-state index contributed by atoms with van der Waals surface area (Å²) in [7, 11) is 5.94. The number of ketones is 1. The fourth-order valence-corrected chi connectivity index (χ4v) is 4.97. The second kappa shape index (κ2) is 7.86. The molecule has 31 heavy (non-hydrogen) atoms. The quantitative estimate of drug-likeness (QED) is 0.446. The lowest BCUT2D eigenvalue weighted by atomic mass is 9.86. The number of ether oxygens (including phenoxy) is 3. The Labute approximate surface area is 186 Å². The SMILES string of the molecule is COc1c2c(cc3c1C(CC(=O)c1ccc(C#CC(C)(C)O)s1)[N+](C)(C)CC3)OCO2. The summed E-state index contributed by atoms with van der Waals surface area (Å²) in [5, 5.41) is 9.81. The lowest BCUT2D eigenvalue weighted by Gasteiger charge is -2.43. The highest BCUT2D eigenvalue weighted by Gasteiger charge is 2.42. The molecule has 2 aromatic rings. The van der Waals surface area contributed by atoms with E-state index < -0.39 is 5.60 Å². The van der Waals surface area contributed by atoms with Gasteiger partial charge in [0, 0.05) is 6.42 Å².